The van der Waals surface area contributed by atoms with Gasteiger partial charge in [-0.15, -0.1) is 13.2 Å². The van der Waals surface area contributed by atoms with Crippen LogP contribution in [0, 0.1) is 10.1 Å². The standard InChI is InChI=1S/C21H20F3N5O4/c1-14(27-8-9-28-13-19(29(30)31)26-20(28)32-11-10-27)16-4-7-18(25-12-16)15-2-5-17(6-3-15)33-21(22,23)24/h2-7,12-14H,8-11H2,1H3. The highest BCUT2D eigenvalue weighted by Crippen LogP contribution is 2.28. The van der Waals surface area contributed by atoms with Gasteiger partial charge in [-0.2, -0.15) is 0 Å². The Hall–Kier alpha value is -3.67. The Morgan fingerprint density at radius 2 is 1.91 bits per heavy atom. The van der Waals surface area contributed by atoms with Crippen molar-refractivity contribution in [1.82, 2.24) is 19.4 Å². The zero-order valence-corrected chi connectivity index (χ0v) is 17.5. The molecule has 12 heteroatoms. The minimum atomic E-state index is -4.73. The van der Waals surface area contributed by atoms with Crippen molar-refractivity contribution < 1.29 is 27.6 Å². The maximum absolute atomic E-state index is 12.3. The Bertz CT molecular complexity index is 1120. The molecule has 0 aliphatic carbocycles. The van der Waals surface area contributed by atoms with Gasteiger partial charge in [0.25, 0.3) is 0 Å². The third kappa shape index (κ3) is 5.40. The van der Waals surface area contributed by atoms with Crippen LogP contribution in [0.2, 0.25) is 0 Å². The summed E-state index contributed by atoms with van der Waals surface area (Å²) >= 11 is 0. The van der Waals surface area contributed by atoms with Crippen LogP contribution in [0.15, 0.2) is 48.8 Å². The van der Waals surface area contributed by atoms with Gasteiger partial charge in [0.05, 0.1) is 5.69 Å². The van der Waals surface area contributed by atoms with E-state index in [1.54, 1.807) is 10.8 Å². The van der Waals surface area contributed by atoms with Crippen molar-refractivity contribution in [3.05, 3.63) is 64.5 Å². The highest BCUT2D eigenvalue weighted by atomic mass is 19.4. The lowest BCUT2D eigenvalue weighted by atomic mass is 10.1. The predicted molar refractivity (Wildman–Crippen MR) is 111 cm³/mol. The summed E-state index contributed by atoms with van der Waals surface area (Å²) in [6.07, 6.45) is -1.64. The molecule has 33 heavy (non-hydrogen) atoms. The van der Waals surface area contributed by atoms with Crippen LogP contribution in [-0.2, 0) is 6.54 Å². The Morgan fingerprint density at radius 1 is 1.15 bits per heavy atom. The number of nitro groups is 1. The fourth-order valence-electron chi connectivity index (χ4n) is 3.60. The zero-order chi connectivity index (χ0) is 23.6. The number of alkyl halides is 3. The first kappa shape index (κ1) is 22.5. The second-order valence-corrected chi connectivity index (χ2v) is 7.44. The number of halogens is 3. The van der Waals surface area contributed by atoms with Gasteiger partial charge in [-0.25, -0.2) is 0 Å². The molecule has 3 aromatic rings. The first-order valence-electron chi connectivity index (χ1n) is 10.1. The van der Waals surface area contributed by atoms with E-state index >= 15 is 0 Å². The summed E-state index contributed by atoms with van der Waals surface area (Å²) in [6.45, 7) is 4.07. The molecule has 1 aliphatic rings. The number of aromatic nitrogens is 3. The first-order chi connectivity index (χ1) is 15.7. The van der Waals surface area contributed by atoms with Gasteiger partial charge >= 0.3 is 18.2 Å². The topological polar surface area (TPSA) is 95.6 Å². The fourth-order valence-corrected chi connectivity index (χ4v) is 3.60. The van der Waals surface area contributed by atoms with Gasteiger partial charge in [0, 0.05) is 42.4 Å². The van der Waals surface area contributed by atoms with Crippen LogP contribution in [0.1, 0.15) is 18.5 Å². The summed E-state index contributed by atoms with van der Waals surface area (Å²) in [6, 6.07) is 9.49. The van der Waals surface area contributed by atoms with Crippen molar-refractivity contribution in [3.8, 4) is 23.0 Å². The van der Waals surface area contributed by atoms with Crippen LogP contribution < -0.4 is 9.47 Å². The molecule has 9 nitrogen and oxygen atoms in total. The molecule has 4 rings (SSSR count). The van der Waals surface area contributed by atoms with Crippen molar-refractivity contribution in [3.63, 3.8) is 0 Å². The van der Waals surface area contributed by atoms with Crippen molar-refractivity contribution >= 4 is 5.82 Å². The van der Waals surface area contributed by atoms with Crippen molar-refractivity contribution in [1.29, 1.82) is 0 Å². The van der Waals surface area contributed by atoms with Gasteiger partial charge in [0.2, 0.25) is 0 Å². The molecule has 1 aromatic carbocycles. The SMILES string of the molecule is CC(c1ccc(-c2ccc(OC(F)(F)F)cc2)nc1)N1CCOc2nc([N+](=O)[O-])cn2CC1. The maximum atomic E-state index is 12.3. The Labute approximate surface area is 186 Å². The van der Waals surface area contributed by atoms with Crippen molar-refractivity contribution in [2.45, 2.75) is 25.9 Å². The van der Waals surface area contributed by atoms with Gasteiger partial charge in [-0.05, 0) is 47.7 Å². The largest absolute Gasteiger partial charge is 0.573 e. The average Bonchev–Trinajstić information content (AvgIpc) is 3.15. The van der Waals surface area contributed by atoms with E-state index in [2.05, 4.69) is 19.6 Å². The van der Waals surface area contributed by atoms with Gasteiger partial charge in [0.1, 0.15) is 18.6 Å². The normalized spacial score (nSPS) is 15.6. The van der Waals surface area contributed by atoms with Crippen molar-refractivity contribution in [2.24, 2.45) is 0 Å². The Kier molecular flexibility index (Phi) is 6.18. The lowest BCUT2D eigenvalue weighted by molar-refractivity contribution is -0.389. The molecular weight excluding hydrogens is 443 g/mol. The molecule has 174 valence electrons. The smallest absolute Gasteiger partial charge is 0.444 e. The molecule has 1 atom stereocenters. The van der Waals surface area contributed by atoms with Crippen LogP contribution in [0.3, 0.4) is 0 Å². The zero-order valence-electron chi connectivity index (χ0n) is 17.5. The predicted octanol–water partition coefficient (Wildman–Crippen LogP) is 4.21. The lowest BCUT2D eigenvalue weighted by Crippen LogP contribution is -2.36. The molecule has 0 fully saturated rings. The van der Waals surface area contributed by atoms with E-state index in [-0.39, 0.29) is 23.6 Å². The van der Waals surface area contributed by atoms with E-state index in [0.29, 0.717) is 37.5 Å². The number of rotatable bonds is 5. The minimum Gasteiger partial charge on any atom is -0.444 e. The van der Waals surface area contributed by atoms with E-state index in [9.17, 15) is 23.3 Å². The molecule has 1 aliphatic heterocycles. The second-order valence-electron chi connectivity index (χ2n) is 7.44. The summed E-state index contributed by atoms with van der Waals surface area (Å²) < 4.78 is 48.1. The summed E-state index contributed by atoms with van der Waals surface area (Å²) in [5.41, 5.74) is 2.24. The van der Waals surface area contributed by atoms with Gasteiger partial charge in [0.15, 0.2) is 0 Å². The van der Waals surface area contributed by atoms with Crippen LogP contribution in [0.4, 0.5) is 19.0 Å². The van der Waals surface area contributed by atoms with Crippen LogP contribution in [0.25, 0.3) is 11.3 Å². The molecule has 0 radical (unpaired) electrons. The van der Waals surface area contributed by atoms with Crippen molar-refractivity contribution in [2.75, 3.05) is 19.7 Å². The molecule has 2 aromatic heterocycles. The van der Waals surface area contributed by atoms with Gasteiger partial charge in [-0.3, -0.25) is 14.5 Å². The lowest BCUT2D eigenvalue weighted by Gasteiger charge is -2.30. The number of nitrogens with zero attached hydrogens (tertiary/aromatic N) is 5. The monoisotopic (exact) mass is 463 g/mol. The molecule has 0 saturated heterocycles. The van der Waals surface area contributed by atoms with E-state index in [1.807, 2.05) is 19.1 Å². The Morgan fingerprint density at radius 3 is 2.55 bits per heavy atom. The van der Waals surface area contributed by atoms with E-state index in [1.165, 1.54) is 30.5 Å². The molecule has 0 bridgehead atoms. The third-order valence-electron chi connectivity index (χ3n) is 5.35. The molecular formula is C21H20F3N5O4. The molecule has 0 N–H and O–H groups in total. The number of hydrogen-bond donors (Lipinski definition) is 0. The first-order valence-corrected chi connectivity index (χ1v) is 10.1. The number of pyridine rings is 1. The van der Waals surface area contributed by atoms with Gasteiger partial charge in [-0.1, -0.05) is 6.07 Å². The highest BCUT2D eigenvalue weighted by Gasteiger charge is 2.31. The molecule has 3 heterocycles. The number of hydrogen-bond acceptors (Lipinski definition) is 7. The second kappa shape index (κ2) is 9.06. The van der Waals surface area contributed by atoms with E-state index in [4.69, 9.17) is 4.74 Å². The summed E-state index contributed by atoms with van der Waals surface area (Å²) in [4.78, 5) is 20.9. The van der Waals surface area contributed by atoms with Crippen LogP contribution in [0.5, 0.6) is 11.8 Å². The van der Waals surface area contributed by atoms with Crippen LogP contribution >= 0.6 is 0 Å². The number of imidazole rings is 1. The Balaban J connectivity index is 1.42. The molecule has 0 saturated carbocycles. The number of fused-ring (bicyclic) bond motifs is 1. The average molecular weight is 463 g/mol. The third-order valence-corrected chi connectivity index (χ3v) is 5.35. The van der Waals surface area contributed by atoms with E-state index < -0.39 is 11.3 Å². The quantitative estimate of drug-likeness (QED) is 0.413. The highest BCUT2D eigenvalue weighted by molar-refractivity contribution is 5.60. The molecule has 0 amide bonds. The summed E-state index contributed by atoms with van der Waals surface area (Å²) in [7, 11) is 0. The molecule has 1 unspecified atom stereocenters. The van der Waals surface area contributed by atoms with Crippen LogP contribution in [-0.4, -0.2) is 50.4 Å². The number of benzene rings is 1. The van der Waals surface area contributed by atoms with E-state index in [0.717, 1.165) is 5.56 Å². The fraction of sp³-hybridized carbons (Fsp3) is 0.333. The maximum Gasteiger partial charge on any atom is 0.573 e. The summed E-state index contributed by atoms with van der Waals surface area (Å²) in [5, 5.41) is 11.0. The van der Waals surface area contributed by atoms with Gasteiger partial charge < -0.3 is 19.6 Å². The molecule has 0 spiro atoms. The summed E-state index contributed by atoms with van der Waals surface area (Å²) in [5.74, 6) is -0.536. The minimum absolute atomic E-state index is 0.00207. The number of ether oxygens (including phenoxy) is 2.